The Hall–Kier alpha value is -1.11. The van der Waals surface area contributed by atoms with E-state index in [1.54, 1.807) is 18.2 Å². The molecule has 0 aromatic heterocycles. The fraction of sp³-hybridized carbons (Fsp3) is 0.538. The quantitative estimate of drug-likeness (QED) is 0.823. The summed E-state index contributed by atoms with van der Waals surface area (Å²) < 4.78 is 29.7. The molecule has 1 aliphatic rings. The standard InChI is InChI=1S/C13H20N2O3S/c1-11-10-12(2-3-13(11)14)19(16,17)9-6-15-4-7-18-8-5-15/h2-3,10H,4-9,14H2,1H3. The molecule has 2 N–H and O–H groups in total. The fourth-order valence-corrected chi connectivity index (χ4v) is 3.40. The summed E-state index contributed by atoms with van der Waals surface area (Å²) in [5, 5.41) is 0. The summed E-state index contributed by atoms with van der Waals surface area (Å²) in [6.07, 6.45) is 0. The molecule has 1 saturated heterocycles. The molecule has 6 heteroatoms. The number of nitrogen functional groups attached to an aromatic ring is 1. The van der Waals surface area contributed by atoms with Gasteiger partial charge in [0.15, 0.2) is 9.84 Å². The van der Waals surface area contributed by atoms with Gasteiger partial charge >= 0.3 is 0 Å². The number of aryl methyl sites for hydroxylation is 1. The second kappa shape index (κ2) is 5.90. The van der Waals surface area contributed by atoms with Gasteiger partial charge in [0, 0.05) is 25.3 Å². The summed E-state index contributed by atoms with van der Waals surface area (Å²) >= 11 is 0. The van der Waals surface area contributed by atoms with Crippen molar-refractivity contribution in [2.45, 2.75) is 11.8 Å². The first kappa shape index (κ1) is 14.3. The zero-order chi connectivity index (χ0) is 13.9. The second-order valence-electron chi connectivity index (χ2n) is 4.79. The van der Waals surface area contributed by atoms with Crippen molar-refractivity contribution in [1.29, 1.82) is 0 Å². The first-order valence-corrected chi connectivity index (χ1v) is 8.03. The van der Waals surface area contributed by atoms with Gasteiger partial charge in [0.25, 0.3) is 0 Å². The first-order chi connectivity index (χ1) is 8.99. The van der Waals surface area contributed by atoms with E-state index < -0.39 is 9.84 Å². The third-order valence-corrected chi connectivity index (χ3v) is 5.07. The molecule has 0 amide bonds. The predicted molar refractivity (Wildman–Crippen MR) is 74.9 cm³/mol. The number of rotatable bonds is 4. The van der Waals surface area contributed by atoms with Gasteiger partial charge in [-0.1, -0.05) is 0 Å². The lowest BCUT2D eigenvalue weighted by atomic mass is 10.2. The molecule has 0 bridgehead atoms. The van der Waals surface area contributed by atoms with E-state index in [9.17, 15) is 8.42 Å². The third kappa shape index (κ3) is 3.68. The van der Waals surface area contributed by atoms with E-state index in [1.165, 1.54) is 0 Å². The third-order valence-electron chi connectivity index (χ3n) is 3.38. The maximum absolute atomic E-state index is 12.2. The highest BCUT2D eigenvalue weighted by Crippen LogP contribution is 2.18. The van der Waals surface area contributed by atoms with Crippen molar-refractivity contribution in [3.8, 4) is 0 Å². The number of anilines is 1. The van der Waals surface area contributed by atoms with Crippen LogP contribution in [0.2, 0.25) is 0 Å². The molecule has 1 fully saturated rings. The molecule has 0 radical (unpaired) electrons. The first-order valence-electron chi connectivity index (χ1n) is 6.38. The molecule has 1 aliphatic heterocycles. The van der Waals surface area contributed by atoms with Gasteiger partial charge in [-0.3, -0.25) is 4.90 Å². The summed E-state index contributed by atoms with van der Waals surface area (Å²) in [4.78, 5) is 2.47. The number of nitrogens with two attached hydrogens (primary N) is 1. The highest BCUT2D eigenvalue weighted by atomic mass is 32.2. The van der Waals surface area contributed by atoms with Gasteiger partial charge < -0.3 is 10.5 Å². The summed E-state index contributed by atoms with van der Waals surface area (Å²) in [6, 6.07) is 4.87. The Kier molecular flexibility index (Phi) is 4.44. The van der Waals surface area contributed by atoms with Crippen molar-refractivity contribution in [2.24, 2.45) is 0 Å². The van der Waals surface area contributed by atoms with Crippen molar-refractivity contribution in [3.63, 3.8) is 0 Å². The van der Waals surface area contributed by atoms with Crippen LogP contribution < -0.4 is 5.73 Å². The van der Waals surface area contributed by atoms with E-state index in [4.69, 9.17) is 10.5 Å². The topological polar surface area (TPSA) is 72.6 Å². The maximum atomic E-state index is 12.2. The maximum Gasteiger partial charge on any atom is 0.179 e. The van der Waals surface area contributed by atoms with Crippen LogP contribution in [0.5, 0.6) is 0 Å². The number of benzene rings is 1. The van der Waals surface area contributed by atoms with Gasteiger partial charge in [0.05, 0.1) is 23.9 Å². The molecule has 19 heavy (non-hydrogen) atoms. The van der Waals surface area contributed by atoms with Gasteiger partial charge in [0.1, 0.15) is 0 Å². The molecule has 2 rings (SSSR count). The SMILES string of the molecule is Cc1cc(S(=O)(=O)CCN2CCOCC2)ccc1N. The van der Waals surface area contributed by atoms with Crippen molar-refractivity contribution in [1.82, 2.24) is 4.90 Å². The largest absolute Gasteiger partial charge is 0.399 e. The molecular formula is C13H20N2O3S. The number of nitrogens with zero attached hydrogens (tertiary/aromatic N) is 1. The minimum absolute atomic E-state index is 0.135. The average Bonchev–Trinajstić information content (AvgIpc) is 2.41. The zero-order valence-corrected chi connectivity index (χ0v) is 11.9. The van der Waals surface area contributed by atoms with Gasteiger partial charge in [-0.15, -0.1) is 0 Å². The molecular weight excluding hydrogens is 264 g/mol. The summed E-state index contributed by atoms with van der Waals surface area (Å²) in [6.45, 7) is 5.33. The lowest BCUT2D eigenvalue weighted by Gasteiger charge is -2.26. The smallest absolute Gasteiger partial charge is 0.179 e. The Morgan fingerprint density at radius 3 is 2.63 bits per heavy atom. The van der Waals surface area contributed by atoms with Crippen molar-refractivity contribution < 1.29 is 13.2 Å². The van der Waals surface area contributed by atoms with E-state index in [0.717, 1.165) is 18.7 Å². The van der Waals surface area contributed by atoms with Crippen LogP contribution in [0, 0.1) is 6.92 Å². The Morgan fingerprint density at radius 1 is 1.32 bits per heavy atom. The molecule has 5 nitrogen and oxygen atoms in total. The predicted octanol–water partition coefficient (Wildman–Crippen LogP) is 0.683. The molecule has 106 valence electrons. The molecule has 0 saturated carbocycles. The Morgan fingerprint density at radius 2 is 2.00 bits per heavy atom. The van der Waals surface area contributed by atoms with Crippen molar-refractivity contribution >= 4 is 15.5 Å². The molecule has 1 heterocycles. The van der Waals surface area contributed by atoms with Crippen LogP contribution >= 0.6 is 0 Å². The molecule has 0 spiro atoms. The summed E-state index contributed by atoms with van der Waals surface area (Å²) in [7, 11) is -3.24. The summed E-state index contributed by atoms with van der Waals surface area (Å²) in [5.74, 6) is 0.135. The highest BCUT2D eigenvalue weighted by Gasteiger charge is 2.18. The number of hydrogen-bond donors (Lipinski definition) is 1. The zero-order valence-electron chi connectivity index (χ0n) is 11.1. The van der Waals surface area contributed by atoms with Crippen LogP contribution in [-0.4, -0.2) is 51.9 Å². The van der Waals surface area contributed by atoms with Crippen LogP contribution in [0.1, 0.15) is 5.56 Å². The van der Waals surface area contributed by atoms with Crippen LogP contribution in [0.3, 0.4) is 0 Å². The minimum Gasteiger partial charge on any atom is -0.399 e. The lowest BCUT2D eigenvalue weighted by molar-refractivity contribution is 0.0408. The van der Waals surface area contributed by atoms with Gasteiger partial charge in [-0.2, -0.15) is 0 Å². The molecule has 0 atom stereocenters. The fourth-order valence-electron chi connectivity index (χ4n) is 2.03. The number of sulfone groups is 1. The van der Waals surface area contributed by atoms with Crippen molar-refractivity contribution in [3.05, 3.63) is 23.8 Å². The van der Waals surface area contributed by atoms with Gasteiger partial charge in [-0.05, 0) is 30.7 Å². The Labute approximate surface area is 114 Å². The van der Waals surface area contributed by atoms with E-state index in [-0.39, 0.29) is 5.75 Å². The lowest BCUT2D eigenvalue weighted by Crippen LogP contribution is -2.39. The normalized spacial score (nSPS) is 17.5. The molecule has 1 aromatic carbocycles. The highest BCUT2D eigenvalue weighted by molar-refractivity contribution is 7.91. The number of ether oxygens (including phenoxy) is 1. The van der Waals surface area contributed by atoms with Crippen molar-refractivity contribution in [2.75, 3.05) is 44.3 Å². The van der Waals surface area contributed by atoms with Crippen LogP contribution in [0.4, 0.5) is 5.69 Å². The van der Waals surface area contributed by atoms with E-state index in [1.807, 2.05) is 6.92 Å². The Bertz CT molecular complexity index is 537. The molecule has 1 aromatic rings. The van der Waals surface area contributed by atoms with Gasteiger partial charge in [-0.25, -0.2) is 8.42 Å². The Balaban J connectivity index is 2.02. The molecule has 0 unspecified atom stereocenters. The summed E-state index contributed by atoms with van der Waals surface area (Å²) in [5.41, 5.74) is 7.12. The number of hydrogen-bond acceptors (Lipinski definition) is 5. The van der Waals surface area contributed by atoms with Crippen LogP contribution in [0.15, 0.2) is 23.1 Å². The average molecular weight is 284 g/mol. The van der Waals surface area contributed by atoms with Crippen LogP contribution in [0.25, 0.3) is 0 Å². The monoisotopic (exact) mass is 284 g/mol. The van der Waals surface area contributed by atoms with Gasteiger partial charge in [0.2, 0.25) is 0 Å². The van der Waals surface area contributed by atoms with E-state index in [0.29, 0.717) is 30.3 Å². The molecule has 0 aliphatic carbocycles. The minimum atomic E-state index is -3.24. The van der Waals surface area contributed by atoms with E-state index in [2.05, 4.69) is 4.90 Å². The van der Waals surface area contributed by atoms with Crippen LogP contribution in [-0.2, 0) is 14.6 Å². The van der Waals surface area contributed by atoms with E-state index >= 15 is 0 Å². The number of morpholine rings is 1. The second-order valence-corrected chi connectivity index (χ2v) is 6.90.